The van der Waals surface area contributed by atoms with Gasteiger partial charge in [0.2, 0.25) is 11.8 Å². The molecule has 5 nitrogen and oxygen atoms in total. The van der Waals surface area contributed by atoms with Gasteiger partial charge < -0.3 is 10.6 Å². The van der Waals surface area contributed by atoms with E-state index >= 15 is 0 Å². The van der Waals surface area contributed by atoms with E-state index in [2.05, 4.69) is 16.0 Å². The van der Waals surface area contributed by atoms with Crippen molar-refractivity contribution in [1.29, 1.82) is 0 Å². The van der Waals surface area contributed by atoms with Crippen molar-refractivity contribution in [3.63, 3.8) is 0 Å². The second-order valence-electron chi connectivity index (χ2n) is 4.14. The zero-order valence-corrected chi connectivity index (χ0v) is 13.1. The molecule has 0 aliphatic carbocycles. The lowest BCUT2D eigenvalue weighted by Gasteiger charge is -2.13. The van der Waals surface area contributed by atoms with Crippen molar-refractivity contribution in [3.8, 4) is 0 Å². The number of nitrogens with one attached hydrogen (secondary N) is 3. The number of halogens is 2. The summed E-state index contributed by atoms with van der Waals surface area (Å²) in [4.78, 5) is 23.0. The minimum Gasteiger partial charge on any atom is -0.326 e. The van der Waals surface area contributed by atoms with Gasteiger partial charge in [-0.05, 0) is 18.2 Å². The van der Waals surface area contributed by atoms with Gasteiger partial charge in [-0.15, -0.1) is 24.2 Å². The van der Waals surface area contributed by atoms with Gasteiger partial charge in [0.25, 0.3) is 0 Å². The monoisotopic (exact) mass is 335 g/mol. The summed E-state index contributed by atoms with van der Waals surface area (Å²) >= 11 is 7.71. The average molecular weight is 336 g/mol. The maximum Gasteiger partial charge on any atom is 0.242 e. The van der Waals surface area contributed by atoms with Crippen LogP contribution in [0.15, 0.2) is 18.2 Å². The number of amides is 2. The number of anilines is 2. The van der Waals surface area contributed by atoms with E-state index in [1.54, 1.807) is 30.0 Å². The predicted octanol–water partition coefficient (Wildman–Crippen LogP) is 2.32. The first-order valence-electron chi connectivity index (χ1n) is 5.75. The van der Waals surface area contributed by atoms with Crippen LogP contribution in [0.4, 0.5) is 11.4 Å². The molecule has 1 saturated heterocycles. The molecule has 20 heavy (non-hydrogen) atoms. The van der Waals surface area contributed by atoms with Crippen LogP contribution in [-0.4, -0.2) is 29.5 Å². The lowest BCUT2D eigenvalue weighted by molar-refractivity contribution is -0.117. The lowest BCUT2D eigenvalue weighted by Crippen LogP contribution is -2.37. The van der Waals surface area contributed by atoms with Crippen molar-refractivity contribution >= 4 is 59.0 Å². The van der Waals surface area contributed by atoms with Crippen molar-refractivity contribution < 1.29 is 9.59 Å². The topological polar surface area (TPSA) is 70.2 Å². The maximum absolute atomic E-state index is 12.0. The third-order valence-electron chi connectivity index (χ3n) is 2.58. The van der Waals surface area contributed by atoms with E-state index in [-0.39, 0.29) is 30.3 Å². The molecule has 0 saturated carbocycles. The average Bonchev–Trinajstić information content (AvgIpc) is 2.86. The molecule has 8 heteroatoms. The Labute approximate surface area is 132 Å². The molecule has 1 aromatic rings. The Bertz CT molecular complexity index is 507. The highest BCUT2D eigenvalue weighted by atomic mass is 35.5. The second kappa shape index (κ2) is 7.73. The zero-order valence-electron chi connectivity index (χ0n) is 10.7. The molecular formula is C12H15Cl2N3O2S. The molecule has 1 aliphatic rings. The van der Waals surface area contributed by atoms with Crippen molar-refractivity contribution in [2.24, 2.45) is 0 Å². The van der Waals surface area contributed by atoms with E-state index in [1.165, 1.54) is 6.92 Å². The summed E-state index contributed by atoms with van der Waals surface area (Å²) < 4.78 is 0. The Morgan fingerprint density at radius 2 is 2.15 bits per heavy atom. The minimum absolute atomic E-state index is 0. The third-order valence-corrected chi connectivity index (χ3v) is 3.85. The first-order valence-corrected chi connectivity index (χ1v) is 7.28. The van der Waals surface area contributed by atoms with Gasteiger partial charge in [-0.2, -0.15) is 0 Å². The van der Waals surface area contributed by atoms with Gasteiger partial charge in [0.15, 0.2) is 0 Å². The van der Waals surface area contributed by atoms with E-state index in [9.17, 15) is 9.59 Å². The van der Waals surface area contributed by atoms with Crippen LogP contribution in [0.25, 0.3) is 0 Å². The van der Waals surface area contributed by atoms with Gasteiger partial charge in [-0.1, -0.05) is 11.6 Å². The molecule has 0 spiro atoms. The molecule has 1 aromatic carbocycles. The number of carbonyl (C=O) groups is 2. The summed E-state index contributed by atoms with van der Waals surface area (Å²) in [6.07, 6.45) is 0. The number of carbonyl (C=O) groups excluding carboxylic acids is 2. The van der Waals surface area contributed by atoms with Crippen molar-refractivity contribution in [2.75, 3.05) is 22.3 Å². The molecule has 0 bridgehead atoms. The first kappa shape index (κ1) is 17.1. The Balaban J connectivity index is 0.00000200. The van der Waals surface area contributed by atoms with Crippen LogP contribution in [0.3, 0.4) is 0 Å². The molecule has 2 rings (SSSR count). The molecule has 1 fully saturated rings. The van der Waals surface area contributed by atoms with Gasteiger partial charge in [0.05, 0.1) is 16.8 Å². The zero-order chi connectivity index (χ0) is 13.8. The van der Waals surface area contributed by atoms with Crippen molar-refractivity contribution in [1.82, 2.24) is 5.32 Å². The van der Waals surface area contributed by atoms with Crippen molar-refractivity contribution in [2.45, 2.75) is 13.0 Å². The summed E-state index contributed by atoms with van der Waals surface area (Å²) in [6.45, 7) is 1.42. The molecule has 2 amide bonds. The first-order chi connectivity index (χ1) is 9.06. The fourth-order valence-corrected chi connectivity index (χ4v) is 2.79. The van der Waals surface area contributed by atoms with Crippen LogP contribution in [-0.2, 0) is 9.59 Å². The van der Waals surface area contributed by atoms with E-state index in [4.69, 9.17) is 11.6 Å². The van der Waals surface area contributed by atoms with Crippen LogP contribution in [0.2, 0.25) is 5.02 Å². The molecule has 1 aliphatic heterocycles. The fraction of sp³-hybridized carbons (Fsp3) is 0.333. The van der Waals surface area contributed by atoms with Crippen molar-refractivity contribution in [3.05, 3.63) is 23.2 Å². The third kappa shape index (κ3) is 4.56. The summed E-state index contributed by atoms with van der Waals surface area (Å²) in [5.41, 5.74) is 1.09. The number of hydrogen-bond acceptors (Lipinski definition) is 4. The lowest BCUT2D eigenvalue weighted by atomic mass is 10.2. The fourth-order valence-electron chi connectivity index (χ4n) is 1.69. The van der Waals surface area contributed by atoms with Gasteiger partial charge in [-0.25, -0.2) is 0 Å². The standard InChI is InChI=1S/C12H14ClN3O2S.ClH/c1-7(17)15-8-2-3-9(13)10(4-8)16-12(18)11-5-19-6-14-11;/h2-4,11,14H,5-6H2,1H3,(H,15,17)(H,16,18);1H. The Morgan fingerprint density at radius 1 is 1.40 bits per heavy atom. The maximum atomic E-state index is 12.0. The minimum atomic E-state index is -0.203. The van der Waals surface area contributed by atoms with E-state index in [0.29, 0.717) is 16.4 Å². The van der Waals surface area contributed by atoms with Gasteiger partial charge >= 0.3 is 0 Å². The van der Waals surface area contributed by atoms with E-state index in [0.717, 1.165) is 11.6 Å². The molecule has 1 heterocycles. The Kier molecular flexibility index (Phi) is 6.61. The van der Waals surface area contributed by atoms with Crippen LogP contribution in [0.5, 0.6) is 0 Å². The Morgan fingerprint density at radius 3 is 2.75 bits per heavy atom. The molecule has 0 radical (unpaired) electrons. The highest BCUT2D eigenvalue weighted by molar-refractivity contribution is 7.99. The molecule has 110 valence electrons. The molecule has 3 N–H and O–H groups in total. The highest BCUT2D eigenvalue weighted by Gasteiger charge is 2.23. The summed E-state index contributed by atoms with van der Waals surface area (Å²) in [5, 5.41) is 8.93. The number of hydrogen-bond donors (Lipinski definition) is 3. The molecule has 1 unspecified atom stereocenters. The molecule has 1 atom stereocenters. The van der Waals surface area contributed by atoms with Crippen LogP contribution in [0, 0.1) is 0 Å². The summed E-state index contributed by atoms with van der Waals surface area (Å²) in [6, 6.07) is 4.76. The summed E-state index contributed by atoms with van der Waals surface area (Å²) in [5.74, 6) is 1.23. The highest BCUT2D eigenvalue weighted by Crippen LogP contribution is 2.26. The van der Waals surface area contributed by atoms with E-state index in [1.807, 2.05) is 0 Å². The quantitative estimate of drug-likeness (QED) is 0.792. The number of thioether (sulfide) groups is 1. The second-order valence-corrected chi connectivity index (χ2v) is 5.57. The number of benzene rings is 1. The number of rotatable bonds is 3. The van der Waals surface area contributed by atoms with E-state index < -0.39 is 0 Å². The molecular weight excluding hydrogens is 321 g/mol. The molecule has 0 aromatic heterocycles. The van der Waals surface area contributed by atoms with Crippen LogP contribution < -0.4 is 16.0 Å². The SMILES string of the molecule is CC(=O)Nc1ccc(Cl)c(NC(=O)C2CSCN2)c1.Cl. The normalized spacial score (nSPS) is 17.2. The summed E-state index contributed by atoms with van der Waals surface area (Å²) in [7, 11) is 0. The smallest absolute Gasteiger partial charge is 0.242 e. The van der Waals surface area contributed by atoms with Crippen LogP contribution in [0.1, 0.15) is 6.92 Å². The van der Waals surface area contributed by atoms with Gasteiger partial charge in [-0.3, -0.25) is 14.9 Å². The predicted molar refractivity (Wildman–Crippen MR) is 85.9 cm³/mol. The van der Waals surface area contributed by atoms with Crippen LogP contribution >= 0.6 is 35.8 Å². The van der Waals surface area contributed by atoms with Gasteiger partial charge in [0.1, 0.15) is 0 Å². The Hall–Kier alpha value is -0.950. The van der Waals surface area contributed by atoms with Gasteiger partial charge in [0, 0.05) is 24.2 Å². The largest absolute Gasteiger partial charge is 0.326 e.